The summed E-state index contributed by atoms with van der Waals surface area (Å²) in [5, 5.41) is 12.4. The summed E-state index contributed by atoms with van der Waals surface area (Å²) in [6.45, 7) is 5.20. The predicted molar refractivity (Wildman–Crippen MR) is 116 cm³/mol. The number of halogens is 4. The van der Waals surface area contributed by atoms with Gasteiger partial charge in [-0.3, -0.25) is 9.67 Å². The van der Waals surface area contributed by atoms with Crippen molar-refractivity contribution in [2.45, 2.75) is 45.8 Å². The van der Waals surface area contributed by atoms with Crippen LogP contribution in [0.4, 0.5) is 13.2 Å². The monoisotopic (exact) mass is 530 g/mol. The van der Waals surface area contributed by atoms with E-state index in [-0.39, 0.29) is 24.0 Å². The number of aryl methyl sites for hydroxylation is 2. The molecule has 28 heavy (non-hydrogen) atoms. The molecule has 2 aromatic rings. The van der Waals surface area contributed by atoms with Crippen molar-refractivity contribution in [2.75, 3.05) is 13.6 Å². The van der Waals surface area contributed by atoms with Crippen LogP contribution in [0.25, 0.3) is 0 Å². The fourth-order valence-corrected chi connectivity index (χ4v) is 3.64. The second-order valence-corrected chi connectivity index (χ2v) is 6.87. The van der Waals surface area contributed by atoms with Gasteiger partial charge in [-0.15, -0.1) is 35.3 Å². The Morgan fingerprint density at radius 2 is 1.96 bits per heavy atom. The lowest BCUT2D eigenvalue weighted by atomic mass is 10.1. The Morgan fingerprint density at radius 3 is 2.50 bits per heavy atom. The molecule has 2 heterocycles. The van der Waals surface area contributed by atoms with E-state index in [0.29, 0.717) is 30.5 Å². The lowest BCUT2D eigenvalue weighted by molar-refractivity contribution is -0.140. The first kappa shape index (κ1) is 24.7. The average Bonchev–Trinajstić information content (AvgIpc) is 3.21. The number of alkyl halides is 3. The van der Waals surface area contributed by atoms with Crippen molar-refractivity contribution in [2.24, 2.45) is 12.0 Å². The van der Waals surface area contributed by atoms with E-state index >= 15 is 0 Å². The number of nitrogens with zero attached hydrogens (tertiary/aromatic N) is 4. The van der Waals surface area contributed by atoms with Gasteiger partial charge in [-0.1, -0.05) is 13.8 Å². The minimum absolute atomic E-state index is 0. The van der Waals surface area contributed by atoms with Crippen molar-refractivity contribution < 1.29 is 13.2 Å². The van der Waals surface area contributed by atoms with Gasteiger partial charge in [-0.25, -0.2) is 4.98 Å². The first-order valence-corrected chi connectivity index (χ1v) is 9.67. The minimum atomic E-state index is -4.39. The number of thiazole rings is 1. The van der Waals surface area contributed by atoms with E-state index in [1.54, 1.807) is 7.05 Å². The van der Waals surface area contributed by atoms with Crippen molar-refractivity contribution in [3.8, 4) is 0 Å². The van der Waals surface area contributed by atoms with Crippen molar-refractivity contribution in [1.29, 1.82) is 0 Å². The number of rotatable bonds is 7. The lowest BCUT2D eigenvalue weighted by Gasteiger charge is -2.12. The first-order valence-electron chi connectivity index (χ1n) is 8.79. The maximum Gasteiger partial charge on any atom is 0.434 e. The number of aliphatic imine (C=N–C) groups is 1. The standard InChI is InChI=1S/C17H25F3N6S.HI/c1-5-12-11(13(6-2)26(4)25-12)9-23-16(21-3)22-8-7-15-24-14(10-27-15)17(18,19)20;/h10H,5-9H2,1-4H3,(H2,21,22,23);1H. The van der Waals surface area contributed by atoms with Gasteiger partial charge in [-0.05, 0) is 12.8 Å². The Kier molecular flexibility index (Phi) is 9.67. The van der Waals surface area contributed by atoms with Crippen LogP contribution in [0.1, 0.15) is 41.5 Å². The van der Waals surface area contributed by atoms with Gasteiger partial charge < -0.3 is 10.6 Å². The van der Waals surface area contributed by atoms with Crippen LogP contribution >= 0.6 is 35.3 Å². The Hall–Kier alpha value is -1.37. The van der Waals surface area contributed by atoms with Crippen LogP contribution in [0.2, 0.25) is 0 Å². The number of hydrogen-bond donors (Lipinski definition) is 2. The van der Waals surface area contributed by atoms with Gasteiger partial charge in [-0.2, -0.15) is 18.3 Å². The summed E-state index contributed by atoms with van der Waals surface area (Å²) in [6.07, 6.45) is -2.26. The van der Waals surface area contributed by atoms with E-state index in [0.717, 1.165) is 35.3 Å². The summed E-state index contributed by atoms with van der Waals surface area (Å²) in [7, 11) is 3.60. The van der Waals surface area contributed by atoms with E-state index in [4.69, 9.17) is 0 Å². The predicted octanol–water partition coefficient (Wildman–Crippen LogP) is 3.55. The van der Waals surface area contributed by atoms with Crippen molar-refractivity contribution in [1.82, 2.24) is 25.4 Å². The van der Waals surface area contributed by atoms with E-state index in [1.165, 1.54) is 11.3 Å². The smallest absolute Gasteiger partial charge is 0.356 e. The molecule has 0 saturated carbocycles. The van der Waals surface area contributed by atoms with Crippen LogP contribution in [0.15, 0.2) is 10.4 Å². The van der Waals surface area contributed by atoms with Crippen LogP contribution < -0.4 is 10.6 Å². The third kappa shape index (κ3) is 6.33. The molecule has 0 saturated heterocycles. The van der Waals surface area contributed by atoms with E-state index in [2.05, 4.69) is 39.6 Å². The van der Waals surface area contributed by atoms with Gasteiger partial charge in [0.25, 0.3) is 0 Å². The topological polar surface area (TPSA) is 67.1 Å². The van der Waals surface area contributed by atoms with E-state index < -0.39 is 11.9 Å². The maximum atomic E-state index is 12.6. The molecule has 2 N–H and O–H groups in total. The largest absolute Gasteiger partial charge is 0.434 e. The van der Waals surface area contributed by atoms with Gasteiger partial charge >= 0.3 is 6.18 Å². The summed E-state index contributed by atoms with van der Waals surface area (Å²) in [5.74, 6) is 0.593. The summed E-state index contributed by atoms with van der Waals surface area (Å²) >= 11 is 1.02. The van der Waals surface area contributed by atoms with Crippen LogP contribution in [0.3, 0.4) is 0 Å². The fourth-order valence-electron chi connectivity index (χ4n) is 2.83. The van der Waals surface area contributed by atoms with E-state index in [9.17, 15) is 13.2 Å². The highest BCUT2D eigenvalue weighted by atomic mass is 127. The lowest BCUT2D eigenvalue weighted by Crippen LogP contribution is -2.38. The SMILES string of the molecule is CCc1nn(C)c(CC)c1CNC(=NC)NCCc1nc(C(F)(F)F)cs1.I. The number of aromatic nitrogens is 3. The molecule has 0 fully saturated rings. The molecule has 0 amide bonds. The highest BCUT2D eigenvalue weighted by molar-refractivity contribution is 14.0. The Bertz CT molecular complexity index is 784. The molecule has 0 spiro atoms. The fraction of sp³-hybridized carbons (Fsp3) is 0.588. The molecule has 2 rings (SSSR count). The minimum Gasteiger partial charge on any atom is -0.356 e. The molecule has 0 aromatic carbocycles. The zero-order chi connectivity index (χ0) is 20.0. The van der Waals surface area contributed by atoms with Crippen molar-refractivity contribution >= 4 is 41.3 Å². The third-order valence-electron chi connectivity index (χ3n) is 4.16. The van der Waals surface area contributed by atoms with Crippen LogP contribution in [0, 0.1) is 0 Å². The Balaban J connectivity index is 0.00000392. The number of nitrogens with one attached hydrogen (secondary N) is 2. The molecule has 158 valence electrons. The van der Waals surface area contributed by atoms with Crippen LogP contribution in [-0.2, 0) is 39.0 Å². The molecule has 6 nitrogen and oxygen atoms in total. The molecule has 2 aromatic heterocycles. The molecular formula is C17H26F3IN6S. The molecule has 0 aliphatic heterocycles. The number of guanidine groups is 1. The molecule has 11 heteroatoms. The Morgan fingerprint density at radius 1 is 1.25 bits per heavy atom. The van der Waals surface area contributed by atoms with Crippen molar-refractivity contribution in [3.05, 3.63) is 33.0 Å². The quantitative estimate of drug-likeness (QED) is 0.327. The maximum absolute atomic E-state index is 12.6. The Labute approximate surface area is 184 Å². The zero-order valence-corrected chi connectivity index (χ0v) is 19.5. The molecule has 0 radical (unpaired) electrons. The molecule has 0 aliphatic carbocycles. The van der Waals surface area contributed by atoms with E-state index in [1.807, 2.05) is 11.7 Å². The second kappa shape index (κ2) is 11.0. The highest BCUT2D eigenvalue weighted by Crippen LogP contribution is 2.30. The van der Waals surface area contributed by atoms with Gasteiger partial charge in [0, 0.05) is 50.2 Å². The summed E-state index contributed by atoms with van der Waals surface area (Å²) in [5.41, 5.74) is 2.57. The average molecular weight is 530 g/mol. The van der Waals surface area contributed by atoms with Gasteiger partial charge in [0.05, 0.1) is 10.7 Å². The number of hydrogen-bond acceptors (Lipinski definition) is 4. The first-order chi connectivity index (χ1) is 12.8. The van der Waals surface area contributed by atoms with Gasteiger partial charge in [0.2, 0.25) is 0 Å². The molecule has 0 atom stereocenters. The van der Waals surface area contributed by atoms with Crippen LogP contribution in [0.5, 0.6) is 0 Å². The van der Waals surface area contributed by atoms with Crippen molar-refractivity contribution in [3.63, 3.8) is 0 Å². The molecule has 0 unspecified atom stereocenters. The summed E-state index contributed by atoms with van der Waals surface area (Å²) in [4.78, 5) is 7.79. The molecule has 0 bridgehead atoms. The zero-order valence-electron chi connectivity index (χ0n) is 16.4. The van der Waals surface area contributed by atoms with Gasteiger partial charge in [0.1, 0.15) is 0 Å². The summed E-state index contributed by atoms with van der Waals surface area (Å²) < 4.78 is 39.7. The molecule has 0 aliphatic rings. The highest BCUT2D eigenvalue weighted by Gasteiger charge is 2.33. The van der Waals surface area contributed by atoms with Gasteiger partial charge in [0.15, 0.2) is 11.7 Å². The second-order valence-electron chi connectivity index (χ2n) is 5.93. The van der Waals surface area contributed by atoms with Crippen LogP contribution in [-0.4, -0.2) is 34.3 Å². The third-order valence-corrected chi connectivity index (χ3v) is 5.07. The molecular weight excluding hydrogens is 504 g/mol. The summed E-state index contributed by atoms with van der Waals surface area (Å²) in [6, 6.07) is 0. The normalized spacial score (nSPS) is 12.0.